The summed E-state index contributed by atoms with van der Waals surface area (Å²) < 4.78 is 14.6. The van der Waals surface area contributed by atoms with Crippen LogP contribution in [-0.4, -0.2) is 45.4 Å². The highest BCUT2D eigenvalue weighted by Crippen LogP contribution is 2.35. The fraction of sp³-hybridized carbons (Fsp3) is 0.222. The van der Waals surface area contributed by atoms with Gasteiger partial charge in [-0.05, 0) is 36.4 Å². The zero-order chi connectivity index (χ0) is 18.6. The molecule has 0 radical (unpaired) electrons. The number of ether oxygens (including phenoxy) is 3. The Morgan fingerprint density at radius 3 is 1.96 bits per heavy atom. The van der Waals surface area contributed by atoms with Crippen LogP contribution in [0.25, 0.3) is 0 Å². The number of esters is 2. The fourth-order valence-electron chi connectivity index (χ4n) is 2.42. The number of phenolic OH excluding ortho intramolecular Hbond substituents is 1. The van der Waals surface area contributed by atoms with Crippen molar-refractivity contribution in [3.8, 4) is 11.5 Å². The first-order valence-corrected chi connectivity index (χ1v) is 7.35. The van der Waals surface area contributed by atoms with Crippen LogP contribution in [0.2, 0.25) is 0 Å². The Bertz CT molecular complexity index is 785. The fourth-order valence-corrected chi connectivity index (χ4v) is 2.42. The summed E-state index contributed by atoms with van der Waals surface area (Å²) in [5.41, 5.74) is 0.808. The second-order valence-electron chi connectivity index (χ2n) is 5.09. The molecule has 25 heavy (non-hydrogen) atoms. The van der Waals surface area contributed by atoms with Crippen molar-refractivity contribution in [3.63, 3.8) is 0 Å². The molecule has 2 aromatic carbocycles. The molecule has 0 unspecified atom stereocenters. The van der Waals surface area contributed by atoms with E-state index in [0.29, 0.717) is 11.4 Å². The molecule has 0 aromatic heterocycles. The van der Waals surface area contributed by atoms with E-state index >= 15 is 0 Å². The van der Waals surface area contributed by atoms with Crippen molar-refractivity contribution in [2.45, 2.75) is 0 Å². The van der Waals surface area contributed by atoms with E-state index in [4.69, 9.17) is 9.47 Å². The molecule has 0 aliphatic carbocycles. The van der Waals surface area contributed by atoms with Crippen molar-refractivity contribution >= 4 is 23.3 Å². The highest BCUT2D eigenvalue weighted by Gasteiger charge is 2.28. The molecule has 0 fully saturated rings. The first-order chi connectivity index (χ1) is 11.9. The van der Waals surface area contributed by atoms with E-state index in [1.807, 2.05) is 0 Å². The van der Waals surface area contributed by atoms with Gasteiger partial charge < -0.3 is 24.2 Å². The van der Waals surface area contributed by atoms with Crippen molar-refractivity contribution in [3.05, 3.63) is 47.5 Å². The zero-order valence-corrected chi connectivity index (χ0v) is 14.4. The Balaban J connectivity index is 2.62. The van der Waals surface area contributed by atoms with Crippen LogP contribution in [0.4, 0.5) is 11.4 Å². The minimum absolute atomic E-state index is 0.0762. The standard InChI is InChI=1S/C18H19NO6/c1-19(11-5-7-12(23-2)8-6-11)13-9-10-14(20)16(18(22)25-4)15(13)17(21)24-3/h5-10,20H,1-4H3. The maximum absolute atomic E-state index is 12.3. The first-order valence-electron chi connectivity index (χ1n) is 7.35. The van der Waals surface area contributed by atoms with E-state index in [1.165, 1.54) is 26.4 Å². The molecule has 2 rings (SSSR count). The lowest BCUT2D eigenvalue weighted by molar-refractivity contribution is 0.0553. The second kappa shape index (κ2) is 7.57. The van der Waals surface area contributed by atoms with Gasteiger partial charge in [0.2, 0.25) is 0 Å². The Morgan fingerprint density at radius 2 is 1.44 bits per heavy atom. The molecule has 1 N–H and O–H groups in total. The molecule has 0 aliphatic heterocycles. The summed E-state index contributed by atoms with van der Waals surface area (Å²) in [7, 11) is 5.66. The number of benzene rings is 2. The average molecular weight is 345 g/mol. The van der Waals surface area contributed by atoms with Crippen LogP contribution in [0.5, 0.6) is 11.5 Å². The number of phenols is 1. The minimum Gasteiger partial charge on any atom is -0.507 e. The van der Waals surface area contributed by atoms with Gasteiger partial charge in [0.1, 0.15) is 22.6 Å². The van der Waals surface area contributed by atoms with Crippen LogP contribution in [-0.2, 0) is 9.47 Å². The SMILES string of the molecule is COC(=O)c1c(O)ccc(N(C)c2ccc(OC)cc2)c1C(=O)OC. The molecule has 0 spiro atoms. The van der Waals surface area contributed by atoms with Crippen molar-refractivity contribution in [2.24, 2.45) is 0 Å². The predicted molar refractivity (Wildman–Crippen MR) is 91.8 cm³/mol. The van der Waals surface area contributed by atoms with Crippen molar-refractivity contribution in [1.82, 2.24) is 0 Å². The largest absolute Gasteiger partial charge is 0.507 e. The van der Waals surface area contributed by atoms with Gasteiger partial charge in [-0.15, -0.1) is 0 Å². The third-order valence-corrected chi connectivity index (χ3v) is 3.76. The van der Waals surface area contributed by atoms with Crippen LogP contribution in [0, 0.1) is 0 Å². The number of rotatable bonds is 5. The summed E-state index contributed by atoms with van der Waals surface area (Å²) in [6.07, 6.45) is 0. The van der Waals surface area contributed by atoms with Gasteiger partial charge in [0.15, 0.2) is 0 Å². The lowest BCUT2D eigenvalue weighted by Gasteiger charge is -2.23. The third-order valence-electron chi connectivity index (χ3n) is 3.76. The number of hydrogen-bond donors (Lipinski definition) is 1. The number of nitrogens with zero attached hydrogens (tertiary/aromatic N) is 1. The minimum atomic E-state index is -0.831. The second-order valence-corrected chi connectivity index (χ2v) is 5.09. The van der Waals surface area contributed by atoms with E-state index in [-0.39, 0.29) is 16.9 Å². The molecule has 0 heterocycles. The molecular formula is C18H19NO6. The summed E-state index contributed by atoms with van der Waals surface area (Å²) in [5.74, 6) is -1.26. The zero-order valence-electron chi connectivity index (χ0n) is 14.4. The van der Waals surface area contributed by atoms with Gasteiger partial charge in [0.25, 0.3) is 0 Å². The summed E-state index contributed by atoms with van der Waals surface area (Å²) in [6.45, 7) is 0. The number of aromatic hydroxyl groups is 1. The van der Waals surface area contributed by atoms with Gasteiger partial charge in [-0.3, -0.25) is 0 Å². The molecule has 132 valence electrons. The van der Waals surface area contributed by atoms with Gasteiger partial charge in [-0.25, -0.2) is 9.59 Å². The summed E-state index contributed by atoms with van der Waals surface area (Å²) >= 11 is 0. The molecule has 0 amide bonds. The van der Waals surface area contributed by atoms with E-state index < -0.39 is 11.9 Å². The summed E-state index contributed by atoms with van der Waals surface area (Å²) in [5, 5.41) is 10.0. The molecule has 0 saturated heterocycles. The summed E-state index contributed by atoms with van der Waals surface area (Å²) in [6, 6.07) is 9.98. The summed E-state index contributed by atoms with van der Waals surface area (Å²) in [4.78, 5) is 26.0. The molecule has 0 atom stereocenters. The Hall–Kier alpha value is -3.22. The Labute approximate surface area is 145 Å². The highest BCUT2D eigenvalue weighted by atomic mass is 16.5. The Morgan fingerprint density at radius 1 is 0.880 bits per heavy atom. The van der Waals surface area contributed by atoms with Gasteiger partial charge >= 0.3 is 11.9 Å². The highest BCUT2D eigenvalue weighted by molar-refractivity contribution is 6.09. The maximum atomic E-state index is 12.3. The third kappa shape index (κ3) is 3.50. The molecule has 7 heteroatoms. The first kappa shape index (κ1) is 18.1. The lowest BCUT2D eigenvalue weighted by Crippen LogP contribution is -2.19. The number of carbonyl (C=O) groups excluding carboxylic acids is 2. The monoisotopic (exact) mass is 345 g/mol. The Kier molecular flexibility index (Phi) is 5.49. The molecule has 0 saturated carbocycles. The quantitative estimate of drug-likeness (QED) is 0.834. The number of hydrogen-bond acceptors (Lipinski definition) is 7. The molecule has 0 aliphatic rings. The van der Waals surface area contributed by atoms with Crippen LogP contribution in [0.3, 0.4) is 0 Å². The van der Waals surface area contributed by atoms with Crippen molar-refractivity contribution in [1.29, 1.82) is 0 Å². The molecular weight excluding hydrogens is 326 g/mol. The van der Waals surface area contributed by atoms with Crippen LogP contribution in [0.15, 0.2) is 36.4 Å². The van der Waals surface area contributed by atoms with Gasteiger partial charge in [-0.2, -0.15) is 0 Å². The van der Waals surface area contributed by atoms with E-state index in [1.54, 1.807) is 43.3 Å². The van der Waals surface area contributed by atoms with Gasteiger partial charge in [-0.1, -0.05) is 0 Å². The van der Waals surface area contributed by atoms with Crippen LogP contribution >= 0.6 is 0 Å². The van der Waals surface area contributed by atoms with E-state index in [9.17, 15) is 14.7 Å². The normalized spacial score (nSPS) is 10.1. The molecule has 7 nitrogen and oxygen atoms in total. The van der Waals surface area contributed by atoms with E-state index in [2.05, 4.69) is 4.74 Å². The predicted octanol–water partition coefficient (Wildman–Crippen LogP) is 2.74. The maximum Gasteiger partial charge on any atom is 0.342 e. The van der Waals surface area contributed by atoms with Gasteiger partial charge in [0, 0.05) is 12.7 Å². The lowest BCUT2D eigenvalue weighted by atomic mass is 10.0. The van der Waals surface area contributed by atoms with Crippen molar-refractivity contribution in [2.75, 3.05) is 33.3 Å². The molecule has 0 bridgehead atoms. The van der Waals surface area contributed by atoms with E-state index in [0.717, 1.165) is 5.69 Å². The van der Waals surface area contributed by atoms with Crippen LogP contribution < -0.4 is 9.64 Å². The smallest absolute Gasteiger partial charge is 0.342 e. The van der Waals surface area contributed by atoms with Crippen LogP contribution in [0.1, 0.15) is 20.7 Å². The topological polar surface area (TPSA) is 85.3 Å². The van der Waals surface area contributed by atoms with Gasteiger partial charge in [0.05, 0.1) is 27.0 Å². The number of methoxy groups -OCH3 is 3. The molecule has 2 aromatic rings. The van der Waals surface area contributed by atoms with Crippen molar-refractivity contribution < 1.29 is 28.9 Å². The average Bonchev–Trinajstić information content (AvgIpc) is 2.65. The number of carbonyl (C=O) groups is 2. The number of anilines is 2.